The summed E-state index contributed by atoms with van der Waals surface area (Å²) in [5, 5.41) is 19.2. The Morgan fingerprint density at radius 2 is 1.25 bits per heavy atom. The van der Waals surface area contributed by atoms with E-state index in [1.54, 1.807) is 0 Å². The fraction of sp³-hybridized carbons (Fsp3) is 0.308. The second-order valence-electron chi connectivity index (χ2n) is 8.98. The summed E-state index contributed by atoms with van der Waals surface area (Å²) in [6.45, 7) is 13.1. The van der Waals surface area contributed by atoms with E-state index in [0.717, 1.165) is 11.1 Å². The minimum Gasteiger partial charge on any atom is -0.192 e. The van der Waals surface area contributed by atoms with E-state index in [1.807, 2.05) is 36.4 Å². The highest BCUT2D eigenvalue weighted by atomic mass is 14.3. The first-order valence-electron chi connectivity index (χ1n) is 9.51. The Bertz CT molecular complexity index is 916. The average molecular weight is 369 g/mol. The van der Waals surface area contributed by atoms with Gasteiger partial charge in [-0.25, -0.2) is 0 Å². The summed E-state index contributed by atoms with van der Waals surface area (Å²) in [6, 6.07) is 13.8. The molecule has 0 saturated carbocycles. The highest BCUT2D eigenvalue weighted by Gasteiger charge is 2.29. The first-order valence-corrected chi connectivity index (χ1v) is 9.51. The van der Waals surface area contributed by atoms with Gasteiger partial charge >= 0.3 is 0 Å². The van der Waals surface area contributed by atoms with Crippen LogP contribution in [-0.2, 0) is 0 Å². The maximum Gasteiger partial charge on any atom is 0.137 e. The van der Waals surface area contributed by atoms with Crippen molar-refractivity contribution in [1.29, 1.82) is 10.5 Å². The second-order valence-corrected chi connectivity index (χ2v) is 8.98. The van der Waals surface area contributed by atoms with E-state index >= 15 is 0 Å². The zero-order valence-electron chi connectivity index (χ0n) is 17.7. The third-order valence-electron chi connectivity index (χ3n) is 4.70. The summed E-state index contributed by atoms with van der Waals surface area (Å²) >= 11 is 0. The van der Waals surface area contributed by atoms with Crippen LogP contribution in [0.3, 0.4) is 0 Å². The molecule has 2 rings (SSSR count). The molecule has 0 spiro atoms. The molecule has 0 atom stereocenters. The monoisotopic (exact) mass is 368 g/mol. The molecule has 0 radical (unpaired) electrons. The molecule has 0 saturated heterocycles. The molecule has 0 aliphatic heterocycles. The third-order valence-corrected chi connectivity index (χ3v) is 4.70. The second kappa shape index (κ2) is 8.28. The molecular weight excluding hydrogens is 340 g/mol. The predicted molar refractivity (Wildman–Crippen MR) is 117 cm³/mol. The van der Waals surface area contributed by atoms with E-state index in [1.165, 1.54) is 11.1 Å². The average Bonchev–Trinajstić information content (AvgIpc) is 2.85. The Kier molecular flexibility index (Phi) is 6.27. The van der Waals surface area contributed by atoms with Gasteiger partial charge in [0.25, 0.3) is 0 Å². The topological polar surface area (TPSA) is 47.6 Å². The van der Waals surface area contributed by atoms with Gasteiger partial charge in [-0.2, -0.15) is 10.5 Å². The van der Waals surface area contributed by atoms with Crippen molar-refractivity contribution in [1.82, 2.24) is 0 Å². The predicted octanol–water partition coefficient (Wildman–Crippen LogP) is 6.93. The normalized spacial score (nSPS) is 14.2. The standard InChI is InChI=1S/C26H28N2/c1-25(2,3)23-14-10-11-15-24(26(4,5)6)22(23)16-21(20(17-27)18-28)19-12-8-7-9-13-19/h7-16H,1-6H3. The number of allylic oxidation sites excluding steroid dienone is 10. The molecule has 142 valence electrons. The van der Waals surface area contributed by atoms with Crippen LogP contribution in [0.2, 0.25) is 0 Å². The fourth-order valence-electron chi connectivity index (χ4n) is 3.30. The van der Waals surface area contributed by atoms with Gasteiger partial charge in [0.2, 0.25) is 0 Å². The molecule has 1 aromatic rings. The van der Waals surface area contributed by atoms with Crippen molar-refractivity contribution in [2.24, 2.45) is 10.8 Å². The molecular formula is C26H28N2. The summed E-state index contributed by atoms with van der Waals surface area (Å²) in [4.78, 5) is 0. The summed E-state index contributed by atoms with van der Waals surface area (Å²) in [6.07, 6.45) is 10.4. The molecule has 0 N–H and O–H groups in total. The molecule has 2 heteroatoms. The summed E-state index contributed by atoms with van der Waals surface area (Å²) in [5.41, 5.74) is 4.92. The molecule has 2 nitrogen and oxygen atoms in total. The summed E-state index contributed by atoms with van der Waals surface area (Å²) in [7, 11) is 0. The van der Waals surface area contributed by atoms with Crippen LogP contribution in [-0.4, -0.2) is 0 Å². The number of rotatable bonds is 2. The van der Waals surface area contributed by atoms with Gasteiger partial charge in [-0.3, -0.25) is 0 Å². The third kappa shape index (κ3) is 4.79. The van der Waals surface area contributed by atoms with Gasteiger partial charge in [-0.1, -0.05) is 96.2 Å². The Morgan fingerprint density at radius 1 is 0.786 bits per heavy atom. The minimum absolute atomic E-state index is 0.0912. The van der Waals surface area contributed by atoms with Gasteiger partial charge in [0, 0.05) is 5.57 Å². The molecule has 1 aliphatic carbocycles. The zero-order valence-corrected chi connectivity index (χ0v) is 17.7. The Labute approximate surface area is 169 Å². The molecule has 0 aromatic heterocycles. The van der Waals surface area contributed by atoms with Gasteiger partial charge in [0.1, 0.15) is 17.7 Å². The van der Waals surface area contributed by atoms with E-state index < -0.39 is 0 Å². The minimum atomic E-state index is -0.0912. The Morgan fingerprint density at radius 3 is 1.64 bits per heavy atom. The SMILES string of the molecule is CC(C)(C)C1=CC=CC=C(C(C)(C)C)C1=CC(=C(C#N)C#N)c1ccccc1. The van der Waals surface area contributed by atoms with Crippen molar-refractivity contribution in [3.63, 3.8) is 0 Å². The van der Waals surface area contributed by atoms with Crippen LogP contribution in [0, 0.1) is 33.5 Å². The van der Waals surface area contributed by atoms with Crippen LogP contribution in [0.25, 0.3) is 5.57 Å². The lowest BCUT2D eigenvalue weighted by Crippen LogP contribution is -2.18. The molecule has 1 aliphatic rings. The van der Waals surface area contributed by atoms with Crippen LogP contribution < -0.4 is 0 Å². The quantitative estimate of drug-likeness (QED) is 0.531. The lowest BCUT2D eigenvalue weighted by Gasteiger charge is -2.32. The van der Waals surface area contributed by atoms with Gasteiger partial charge in [0.05, 0.1) is 0 Å². The molecule has 0 heterocycles. The van der Waals surface area contributed by atoms with E-state index in [2.05, 4.69) is 78.0 Å². The van der Waals surface area contributed by atoms with Crippen LogP contribution in [0.1, 0.15) is 47.1 Å². The number of hydrogen-bond acceptors (Lipinski definition) is 2. The summed E-state index contributed by atoms with van der Waals surface area (Å²) in [5.74, 6) is 0. The number of nitrogens with zero attached hydrogens (tertiary/aromatic N) is 2. The Balaban J connectivity index is 2.89. The molecule has 0 fully saturated rings. The maximum absolute atomic E-state index is 9.59. The maximum atomic E-state index is 9.59. The van der Waals surface area contributed by atoms with E-state index in [-0.39, 0.29) is 16.4 Å². The highest BCUT2D eigenvalue weighted by molar-refractivity contribution is 5.84. The first-order chi connectivity index (χ1) is 13.1. The van der Waals surface area contributed by atoms with Gasteiger partial charge < -0.3 is 0 Å². The molecule has 1 aromatic carbocycles. The van der Waals surface area contributed by atoms with Crippen molar-refractivity contribution >= 4 is 5.57 Å². The molecule has 0 amide bonds. The van der Waals surface area contributed by atoms with Gasteiger partial charge in [0.15, 0.2) is 0 Å². The largest absolute Gasteiger partial charge is 0.192 e. The number of hydrogen-bond donors (Lipinski definition) is 0. The number of nitriles is 2. The van der Waals surface area contributed by atoms with Crippen LogP contribution >= 0.6 is 0 Å². The molecule has 0 unspecified atom stereocenters. The highest BCUT2D eigenvalue weighted by Crippen LogP contribution is 2.43. The first kappa shape index (κ1) is 21.2. The molecule has 0 bridgehead atoms. The lowest BCUT2D eigenvalue weighted by atomic mass is 9.72. The lowest BCUT2D eigenvalue weighted by molar-refractivity contribution is 0.484. The van der Waals surface area contributed by atoms with E-state index in [9.17, 15) is 10.5 Å². The van der Waals surface area contributed by atoms with E-state index in [0.29, 0.717) is 5.57 Å². The van der Waals surface area contributed by atoms with Crippen molar-refractivity contribution in [2.45, 2.75) is 41.5 Å². The van der Waals surface area contributed by atoms with Gasteiger partial charge in [-0.05, 0) is 39.2 Å². The van der Waals surface area contributed by atoms with Crippen LogP contribution in [0.15, 0.2) is 83.0 Å². The molecule has 28 heavy (non-hydrogen) atoms. The van der Waals surface area contributed by atoms with Crippen molar-refractivity contribution in [3.05, 3.63) is 88.6 Å². The van der Waals surface area contributed by atoms with Crippen molar-refractivity contribution < 1.29 is 0 Å². The summed E-state index contributed by atoms with van der Waals surface area (Å²) < 4.78 is 0. The smallest absolute Gasteiger partial charge is 0.137 e. The van der Waals surface area contributed by atoms with E-state index in [4.69, 9.17) is 0 Å². The zero-order chi connectivity index (χ0) is 20.9. The van der Waals surface area contributed by atoms with Crippen molar-refractivity contribution in [3.8, 4) is 12.1 Å². The number of benzene rings is 1. The van der Waals surface area contributed by atoms with Crippen molar-refractivity contribution in [2.75, 3.05) is 0 Å². The van der Waals surface area contributed by atoms with Gasteiger partial charge in [-0.15, -0.1) is 0 Å². The van der Waals surface area contributed by atoms with Crippen LogP contribution in [0.4, 0.5) is 0 Å². The Hall–Kier alpha value is -3.10. The van der Waals surface area contributed by atoms with Crippen LogP contribution in [0.5, 0.6) is 0 Å². The fourth-order valence-corrected chi connectivity index (χ4v) is 3.30.